The number of rotatable bonds is 10. The van der Waals surface area contributed by atoms with E-state index in [2.05, 4.69) is 31.3 Å². The molecule has 0 aliphatic carbocycles. The smallest absolute Gasteiger partial charge is 0.232 e. The van der Waals surface area contributed by atoms with Gasteiger partial charge in [0.1, 0.15) is 0 Å². The fourth-order valence-electron chi connectivity index (χ4n) is 3.86. The van der Waals surface area contributed by atoms with E-state index in [1.165, 1.54) is 16.1 Å². The van der Waals surface area contributed by atoms with Gasteiger partial charge in [0.2, 0.25) is 15.9 Å². The summed E-state index contributed by atoms with van der Waals surface area (Å²) in [5.74, 6) is -0.0513. The Bertz CT molecular complexity index is 940. The van der Waals surface area contributed by atoms with E-state index in [9.17, 15) is 13.2 Å². The molecule has 1 atom stereocenters. The maximum absolute atomic E-state index is 12.4. The summed E-state index contributed by atoms with van der Waals surface area (Å²) in [5, 5.41) is 3.06. The van der Waals surface area contributed by atoms with Gasteiger partial charge in [0.05, 0.1) is 11.9 Å². The van der Waals surface area contributed by atoms with Gasteiger partial charge in [-0.15, -0.1) is 0 Å². The van der Waals surface area contributed by atoms with Gasteiger partial charge in [-0.05, 0) is 49.3 Å². The number of hydrogen-bond acceptors (Lipinski definition) is 3. The van der Waals surface area contributed by atoms with Gasteiger partial charge in [0, 0.05) is 19.0 Å². The first-order valence-corrected chi connectivity index (χ1v) is 12.2. The maximum atomic E-state index is 12.4. The average molecular weight is 431 g/mol. The van der Waals surface area contributed by atoms with Crippen molar-refractivity contribution in [2.24, 2.45) is 0 Å². The number of nitrogens with one attached hydrogen (secondary N) is 1. The zero-order valence-electron chi connectivity index (χ0n) is 18.7. The molecule has 0 bridgehead atoms. The van der Waals surface area contributed by atoms with Gasteiger partial charge in [-0.25, -0.2) is 8.42 Å². The van der Waals surface area contributed by atoms with Crippen LogP contribution in [0.15, 0.2) is 54.6 Å². The topological polar surface area (TPSA) is 66.5 Å². The lowest BCUT2D eigenvalue weighted by Gasteiger charge is -2.29. The van der Waals surface area contributed by atoms with Crippen LogP contribution in [-0.2, 0) is 20.2 Å². The summed E-state index contributed by atoms with van der Waals surface area (Å²) in [7, 11) is -3.41. The lowest BCUT2D eigenvalue weighted by atomic mass is 9.79. The molecule has 2 aromatic carbocycles. The van der Waals surface area contributed by atoms with Gasteiger partial charge < -0.3 is 5.32 Å². The van der Waals surface area contributed by atoms with Crippen molar-refractivity contribution in [3.05, 3.63) is 65.7 Å². The Morgan fingerprint density at radius 2 is 1.67 bits per heavy atom. The number of para-hydroxylation sites is 1. The zero-order valence-corrected chi connectivity index (χ0v) is 19.5. The predicted octanol–water partition coefficient (Wildman–Crippen LogP) is 4.41. The minimum Gasteiger partial charge on any atom is -0.354 e. The Balaban J connectivity index is 1.89. The van der Waals surface area contributed by atoms with E-state index in [4.69, 9.17) is 0 Å². The summed E-state index contributed by atoms with van der Waals surface area (Å²) in [4.78, 5) is 12.4. The highest BCUT2D eigenvalue weighted by Crippen LogP contribution is 2.28. The molecule has 0 fully saturated rings. The summed E-state index contributed by atoms with van der Waals surface area (Å²) in [6.45, 7) is 8.53. The van der Waals surface area contributed by atoms with Crippen molar-refractivity contribution in [3.8, 4) is 0 Å². The minimum absolute atomic E-state index is 0.0232. The second-order valence-electron chi connectivity index (χ2n) is 8.65. The summed E-state index contributed by atoms with van der Waals surface area (Å²) in [6.07, 6.45) is 2.77. The molecular weight excluding hydrogens is 396 g/mol. The molecule has 1 amide bonds. The molecular formula is C24H34N2O3S. The monoisotopic (exact) mass is 430 g/mol. The molecule has 0 radical (unpaired) electrons. The summed E-state index contributed by atoms with van der Waals surface area (Å²) in [5.41, 5.74) is 2.75. The van der Waals surface area contributed by atoms with E-state index >= 15 is 0 Å². The Morgan fingerprint density at radius 3 is 2.27 bits per heavy atom. The lowest BCUT2D eigenvalue weighted by molar-refractivity contribution is -0.121. The second kappa shape index (κ2) is 10.1. The largest absolute Gasteiger partial charge is 0.354 e. The third kappa shape index (κ3) is 6.87. The summed E-state index contributed by atoms with van der Waals surface area (Å²) >= 11 is 0. The highest BCUT2D eigenvalue weighted by atomic mass is 32.2. The molecule has 164 valence electrons. The maximum Gasteiger partial charge on any atom is 0.232 e. The van der Waals surface area contributed by atoms with Gasteiger partial charge in [-0.3, -0.25) is 9.10 Å². The van der Waals surface area contributed by atoms with Gasteiger partial charge in [-0.2, -0.15) is 0 Å². The number of carbonyl (C=O) groups is 1. The molecule has 0 unspecified atom stereocenters. The lowest BCUT2D eigenvalue weighted by Crippen LogP contribution is -2.38. The van der Waals surface area contributed by atoms with Gasteiger partial charge >= 0.3 is 0 Å². The first-order valence-electron chi connectivity index (χ1n) is 10.4. The number of sulfonamides is 1. The molecule has 2 aromatic rings. The minimum atomic E-state index is -3.41. The normalized spacial score (nSPS) is 13.0. The third-order valence-corrected chi connectivity index (χ3v) is 6.51. The molecule has 6 heteroatoms. The Morgan fingerprint density at radius 1 is 1.07 bits per heavy atom. The molecule has 0 saturated heterocycles. The predicted molar refractivity (Wildman–Crippen MR) is 124 cm³/mol. The molecule has 0 spiro atoms. The molecule has 2 rings (SSSR count). The number of hydrogen-bond donors (Lipinski definition) is 1. The third-order valence-electron chi connectivity index (χ3n) is 5.33. The molecule has 1 N–H and O–H groups in total. The van der Waals surface area contributed by atoms with Crippen LogP contribution in [0.1, 0.15) is 51.2 Å². The van der Waals surface area contributed by atoms with E-state index in [1.807, 2.05) is 50.2 Å². The molecule has 0 aliphatic heterocycles. The van der Waals surface area contributed by atoms with E-state index in [1.54, 1.807) is 6.07 Å². The fraction of sp³-hybridized carbons (Fsp3) is 0.458. The van der Waals surface area contributed by atoms with Gasteiger partial charge in [0.15, 0.2) is 0 Å². The molecule has 0 heterocycles. The quantitative estimate of drug-likeness (QED) is 0.607. The van der Waals surface area contributed by atoms with Crippen molar-refractivity contribution in [1.29, 1.82) is 0 Å². The number of amides is 1. The van der Waals surface area contributed by atoms with Crippen LogP contribution in [0.5, 0.6) is 0 Å². The van der Waals surface area contributed by atoms with Crippen LogP contribution in [0.3, 0.4) is 0 Å². The van der Waals surface area contributed by atoms with Crippen molar-refractivity contribution in [1.82, 2.24) is 5.32 Å². The highest BCUT2D eigenvalue weighted by molar-refractivity contribution is 7.92. The molecule has 5 nitrogen and oxygen atoms in total. The first kappa shape index (κ1) is 23.9. The van der Waals surface area contributed by atoms with Crippen LogP contribution in [0.2, 0.25) is 0 Å². The van der Waals surface area contributed by atoms with Crippen molar-refractivity contribution in [2.75, 3.05) is 17.1 Å². The molecule has 30 heavy (non-hydrogen) atoms. The highest BCUT2D eigenvalue weighted by Gasteiger charge is 2.24. The fourth-order valence-corrected chi connectivity index (χ4v) is 4.88. The zero-order chi connectivity index (χ0) is 22.4. The SMILES string of the molecule is Cc1ccccc1N(CCCC(=O)N[C@H](C)CC(C)(C)c1ccccc1)S(C)(=O)=O. The van der Waals surface area contributed by atoms with Crippen molar-refractivity contribution >= 4 is 21.6 Å². The van der Waals surface area contributed by atoms with Crippen LogP contribution in [0.4, 0.5) is 5.69 Å². The van der Waals surface area contributed by atoms with Crippen LogP contribution < -0.4 is 9.62 Å². The first-order chi connectivity index (χ1) is 14.0. The number of benzene rings is 2. The van der Waals surface area contributed by atoms with E-state index in [-0.39, 0.29) is 30.3 Å². The van der Waals surface area contributed by atoms with Gasteiger partial charge in [-0.1, -0.05) is 62.4 Å². The summed E-state index contributed by atoms with van der Waals surface area (Å²) < 4.78 is 25.9. The number of carbonyl (C=O) groups excluding carboxylic acids is 1. The average Bonchev–Trinajstić information content (AvgIpc) is 2.65. The molecule has 0 saturated carbocycles. The Kier molecular flexibility index (Phi) is 8.07. The summed E-state index contributed by atoms with van der Waals surface area (Å²) in [6, 6.07) is 17.7. The standard InChI is InChI=1S/C24H34N2O3S/c1-19-12-9-10-15-22(19)26(30(5,28)29)17-11-16-23(27)25-20(2)18-24(3,4)21-13-7-6-8-14-21/h6-10,12-15,20H,11,16-18H2,1-5H3,(H,25,27)/t20-/m1/s1. The van der Waals surface area contributed by atoms with Gasteiger partial charge in [0.25, 0.3) is 0 Å². The Labute approximate surface area is 181 Å². The molecule has 0 aliphatic rings. The van der Waals surface area contributed by atoms with Crippen LogP contribution in [0, 0.1) is 6.92 Å². The van der Waals surface area contributed by atoms with Crippen LogP contribution in [0.25, 0.3) is 0 Å². The van der Waals surface area contributed by atoms with Crippen LogP contribution >= 0.6 is 0 Å². The van der Waals surface area contributed by atoms with Crippen molar-refractivity contribution < 1.29 is 13.2 Å². The van der Waals surface area contributed by atoms with Crippen molar-refractivity contribution in [3.63, 3.8) is 0 Å². The molecule has 0 aromatic heterocycles. The van der Waals surface area contributed by atoms with E-state index in [0.29, 0.717) is 12.1 Å². The number of aryl methyl sites for hydroxylation is 1. The Hall–Kier alpha value is -2.34. The van der Waals surface area contributed by atoms with Crippen molar-refractivity contribution in [2.45, 2.75) is 58.4 Å². The van der Waals surface area contributed by atoms with E-state index < -0.39 is 10.0 Å². The number of nitrogens with zero attached hydrogens (tertiary/aromatic N) is 1. The number of anilines is 1. The van der Waals surface area contributed by atoms with Crippen LogP contribution in [-0.4, -0.2) is 33.2 Å². The van der Waals surface area contributed by atoms with E-state index in [0.717, 1.165) is 12.0 Å². The second-order valence-corrected chi connectivity index (χ2v) is 10.6.